The summed E-state index contributed by atoms with van der Waals surface area (Å²) in [5.74, 6) is -7.79. The van der Waals surface area contributed by atoms with Crippen LogP contribution in [0.5, 0.6) is 5.75 Å². The molecule has 4 unspecified atom stereocenters. The lowest BCUT2D eigenvalue weighted by Crippen LogP contribution is -2.65. The lowest BCUT2D eigenvalue weighted by atomic mass is 9.57. The molecule has 0 saturated heterocycles. The summed E-state index contributed by atoms with van der Waals surface area (Å²) >= 11 is 0. The van der Waals surface area contributed by atoms with E-state index in [0.717, 1.165) is 0 Å². The fourth-order valence-corrected chi connectivity index (χ4v) is 6.33. The number of aliphatic hydroxyl groups excluding tert-OH is 2. The molecule has 0 bridgehead atoms. The van der Waals surface area contributed by atoms with Crippen molar-refractivity contribution in [2.24, 2.45) is 17.6 Å². The minimum Gasteiger partial charge on any atom is -0.508 e. The van der Waals surface area contributed by atoms with E-state index < -0.39 is 69.7 Å². The van der Waals surface area contributed by atoms with E-state index in [1.165, 1.54) is 4.90 Å². The summed E-state index contributed by atoms with van der Waals surface area (Å²) in [6, 6.07) is 0.409. The highest BCUT2D eigenvalue weighted by molar-refractivity contribution is 6.24. The predicted molar refractivity (Wildman–Crippen MR) is 162 cm³/mol. The Balaban J connectivity index is 0.00000506. The molecule has 4 rings (SSSR count). The maximum absolute atomic E-state index is 14.0. The van der Waals surface area contributed by atoms with Gasteiger partial charge in [0, 0.05) is 36.8 Å². The zero-order valence-corrected chi connectivity index (χ0v) is 26.0. The van der Waals surface area contributed by atoms with Gasteiger partial charge in [-0.1, -0.05) is 0 Å². The van der Waals surface area contributed by atoms with Gasteiger partial charge < -0.3 is 41.7 Å². The number of hydrogen-bond donors (Lipinski definition) is 7. The van der Waals surface area contributed by atoms with Crippen LogP contribution in [0.25, 0.3) is 5.76 Å². The van der Waals surface area contributed by atoms with Crippen LogP contribution < -0.4 is 21.3 Å². The Hall–Kier alpha value is -3.65. The minimum atomic E-state index is -2.73. The molecule has 14 heteroatoms. The van der Waals surface area contributed by atoms with Crippen molar-refractivity contribution in [2.75, 3.05) is 45.0 Å². The van der Waals surface area contributed by atoms with Gasteiger partial charge in [-0.15, -0.1) is 12.4 Å². The van der Waals surface area contributed by atoms with E-state index in [0.29, 0.717) is 11.3 Å². The molecule has 43 heavy (non-hydrogen) atoms. The number of anilines is 2. The number of aromatic hydroxyl groups is 1. The first-order valence-electron chi connectivity index (χ1n) is 13.6. The van der Waals surface area contributed by atoms with Crippen LogP contribution in [0, 0.1) is 11.8 Å². The third-order valence-electron chi connectivity index (χ3n) is 8.23. The Labute approximate surface area is 255 Å². The number of likely N-dealkylation sites (N-methyl/N-ethyl adjacent to an activating group) is 1. The number of nitrogens with zero attached hydrogens (tertiary/aromatic N) is 2. The van der Waals surface area contributed by atoms with Crippen LogP contribution in [0.2, 0.25) is 0 Å². The number of rotatable bonds is 6. The Morgan fingerprint density at radius 2 is 1.72 bits per heavy atom. The number of phenols is 1. The van der Waals surface area contributed by atoms with Crippen LogP contribution in [0.4, 0.5) is 11.4 Å². The van der Waals surface area contributed by atoms with E-state index in [4.69, 9.17) is 5.73 Å². The van der Waals surface area contributed by atoms with Crippen LogP contribution >= 0.6 is 12.4 Å². The van der Waals surface area contributed by atoms with E-state index in [1.807, 2.05) is 20.8 Å². The van der Waals surface area contributed by atoms with Crippen LogP contribution in [0.15, 0.2) is 23.0 Å². The molecule has 1 aromatic carbocycles. The van der Waals surface area contributed by atoms with E-state index in [9.17, 15) is 39.6 Å². The van der Waals surface area contributed by atoms with Crippen LogP contribution in [0.3, 0.4) is 0 Å². The minimum absolute atomic E-state index is 0. The number of phenolic OH excluding ortho intramolecular Hbond substituents is 1. The quantitative estimate of drug-likeness (QED) is 0.174. The van der Waals surface area contributed by atoms with Gasteiger partial charge in [-0.3, -0.25) is 24.1 Å². The summed E-state index contributed by atoms with van der Waals surface area (Å²) in [6.45, 7) is 5.62. The van der Waals surface area contributed by atoms with Crippen LogP contribution in [0.1, 0.15) is 38.3 Å². The summed E-state index contributed by atoms with van der Waals surface area (Å²) < 4.78 is 0. The number of carbonyl (C=O) groups excluding carboxylic acids is 4. The number of nitrogens with two attached hydrogens (primary N) is 1. The maximum Gasteiger partial charge on any atom is 0.255 e. The molecule has 236 valence electrons. The molecular formula is C29H40ClN5O8. The van der Waals surface area contributed by atoms with Crippen molar-refractivity contribution in [3.63, 3.8) is 0 Å². The van der Waals surface area contributed by atoms with Crippen LogP contribution in [-0.2, 0) is 25.6 Å². The van der Waals surface area contributed by atoms with Gasteiger partial charge in [-0.25, -0.2) is 0 Å². The fraction of sp³-hybridized carbons (Fsp3) is 0.517. The SMILES string of the molecule is CN(C)c1cc(NC(=O)CNC(C)(C)C)c(O)c2c1CC1CC3C(N(C)C)C(=O)C(C(N)=O)=C(O)C3(O)C(=O)C1=C2O.Cl. The molecule has 13 nitrogen and oxygen atoms in total. The number of nitrogens with one attached hydrogen (secondary N) is 2. The van der Waals surface area contributed by atoms with Gasteiger partial charge in [0.05, 0.1) is 23.8 Å². The van der Waals surface area contributed by atoms with E-state index in [-0.39, 0.29) is 54.2 Å². The van der Waals surface area contributed by atoms with Crippen molar-refractivity contribution in [1.82, 2.24) is 10.2 Å². The molecule has 0 spiro atoms. The Morgan fingerprint density at radius 1 is 1.12 bits per heavy atom. The second-order valence-electron chi connectivity index (χ2n) is 12.7. The first-order valence-corrected chi connectivity index (χ1v) is 13.6. The third kappa shape index (κ3) is 5.46. The van der Waals surface area contributed by atoms with Crippen molar-refractivity contribution >= 4 is 52.9 Å². The van der Waals surface area contributed by atoms with Gasteiger partial charge >= 0.3 is 0 Å². The standard InChI is InChI=1S/C29H39N5O8.ClH/c1-28(2,3)31-11-17(35)32-15-10-16(33(4)5)13-8-12-9-14-21(34(6)7)24(38)20(27(30)41)26(40)29(14,42)25(39)18(12)23(37)19(13)22(15)36;/h10,12,14,21,31,36-37,40,42H,8-9,11H2,1-7H3,(H2,30,41)(H,32,35);1H. The van der Waals surface area contributed by atoms with Gasteiger partial charge in [-0.05, 0) is 65.3 Å². The fourth-order valence-electron chi connectivity index (χ4n) is 6.33. The molecule has 2 amide bonds. The Bertz CT molecular complexity index is 1460. The van der Waals surface area contributed by atoms with E-state index >= 15 is 0 Å². The number of primary amides is 1. The summed E-state index contributed by atoms with van der Waals surface area (Å²) in [4.78, 5) is 55.3. The Kier molecular flexibility index (Phi) is 9.01. The average molecular weight is 622 g/mol. The lowest BCUT2D eigenvalue weighted by Gasteiger charge is -2.50. The largest absolute Gasteiger partial charge is 0.508 e. The zero-order valence-electron chi connectivity index (χ0n) is 25.2. The summed E-state index contributed by atoms with van der Waals surface area (Å²) in [5, 5.41) is 51.3. The summed E-state index contributed by atoms with van der Waals surface area (Å²) in [6.07, 6.45) is 0.117. The van der Waals surface area contributed by atoms with Gasteiger partial charge in [0.25, 0.3) is 5.91 Å². The number of amides is 2. The van der Waals surface area contributed by atoms with Crippen molar-refractivity contribution < 1.29 is 39.6 Å². The highest BCUT2D eigenvalue weighted by Crippen LogP contribution is 2.54. The van der Waals surface area contributed by atoms with Crippen molar-refractivity contribution in [3.8, 4) is 5.75 Å². The molecule has 0 radical (unpaired) electrons. The number of Topliss-reactive ketones (excluding diaryl/α,β-unsaturated/α-hetero) is 2. The second-order valence-corrected chi connectivity index (χ2v) is 12.7. The lowest BCUT2D eigenvalue weighted by molar-refractivity contribution is -0.153. The number of hydrogen-bond acceptors (Lipinski definition) is 11. The molecule has 1 fully saturated rings. The molecular weight excluding hydrogens is 582 g/mol. The van der Waals surface area contributed by atoms with Gasteiger partial charge in [-0.2, -0.15) is 0 Å². The molecule has 3 aliphatic carbocycles. The third-order valence-corrected chi connectivity index (χ3v) is 8.23. The van der Waals surface area contributed by atoms with Crippen molar-refractivity contribution in [1.29, 1.82) is 0 Å². The monoisotopic (exact) mass is 621 g/mol. The highest BCUT2D eigenvalue weighted by atomic mass is 35.5. The van der Waals surface area contributed by atoms with Gasteiger partial charge in [0.2, 0.25) is 11.7 Å². The summed E-state index contributed by atoms with van der Waals surface area (Å²) in [5.41, 5.74) is 2.11. The van der Waals surface area contributed by atoms with Crippen LogP contribution in [-0.4, -0.2) is 101 Å². The number of benzene rings is 1. The Morgan fingerprint density at radius 3 is 2.23 bits per heavy atom. The number of halogens is 1. The topological polar surface area (TPSA) is 206 Å². The normalized spacial score (nSPS) is 25.1. The second kappa shape index (κ2) is 11.5. The summed E-state index contributed by atoms with van der Waals surface area (Å²) in [7, 11) is 6.58. The first kappa shape index (κ1) is 33.8. The van der Waals surface area contributed by atoms with Crippen molar-refractivity contribution in [2.45, 2.75) is 50.8 Å². The highest BCUT2D eigenvalue weighted by Gasteiger charge is 2.64. The maximum atomic E-state index is 14.0. The van der Waals surface area contributed by atoms with Gasteiger partial charge in [0.15, 0.2) is 11.4 Å². The van der Waals surface area contributed by atoms with Gasteiger partial charge in [0.1, 0.15) is 22.8 Å². The number of ketones is 2. The smallest absolute Gasteiger partial charge is 0.255 e. The molecule has 3 aliphatic rings. The predicted octanol–water partition coefficient (Wildman–Crippen LogP) is 0.778. The average Bonchev–Trinajstić information content (AvgIpc) is 2.85. The molecule has 0 heterocycles. The van der Waals surface area contributed by atoms with Crippen molar-refractivity contribution in [3.05, 3.63) is 34.1 Å². The number of carbonyl (C=O) groups is 4. The molecule has 1 aromatic rings. The molecule has 8 N–H and O–H groups in total. The van der Waals surface area contributed by atoms with E-state index in [1.54, 1.807) is 39.2 Å². The molecule has 4 atom stereocenters. The molecule has 0 aromatic heterocycles. The number of aliphatic hydroxyl groups is 3. The zero-order chi connectivity index (χ0) is 31.6. The van der Waals surface area contributed by atoms with E-state index in [2.05, 4.69) is 10.6 Å². The molecule has 1 saturated carbocycles. The first-order chi connectivity index (χ1) is 19.3. The number of fused-ring (bicyclic) bond motifs is 3. The molecule has 0 aliphatic heterocycles.